The van der Waals surface area contributed by atoms with Gasteiger partial charge in [-0.1, -0.05) is 12.1 Å². The Bertz CT molecular complexity index is 973. The van der Waals surface area contributed by atoms with Gasteiger partial charge in [-0.05, 0) is 55.6 Å². The Labute approximate surface area is 165 Å². The molecule has 2 aromatic carbocycles. The van der Waals surface area contributed by atoms with Crippen molar-refractivity contribution in [2.45, 2.75) is 30.8 Å². The Balaban J connectivity index is 1.56. The van der Waals surface area contributed by atoms with Gasteiger partial charge < -0.3 is 4.90 Å². The molecule has 2 aromatic rings. The van der Waals surface area contributed by atoms with Crippen molar-refractivity contribution in [3.63, 3.8) is 0 Å². The molecule has 0 aromatic heterocycles. The highest BCUT2D eigenvalue weighted by atomic mass is 19.2. The van der Waals surface area contributed by atoms with Crippen LogP contribution in [0, 0.1) is 29.2 Å². The zero-order valence-electron chi connectivity index (χ0n) is 15.6. The molecule has 152 valence electrons. The second kappa shape index (κ2) is 6.83. The predicted molar refractivity (Wildman–Crippen MR) is 98.4 cm³/mol. The van der Waals surface area contributed by atoms with Gasteiger partial charge in [-0.25, -0.2) is 17.6 Å². The van der Waals surface area contributed by atoms with Gasteiger partial charge >= 0.3 is 0 Å². The number of nitrogens with zero attached hydrogens (tertiary/aromatic N) is 2. The number of hydrogen-bond acceptors (Lipinski definition) is 2. The minimum atomic E-state index is -0.913. The highest BCUT2D eigenvalue weighted by Crippen LogP contribution is 2.47. The van der Waals surface area contributed by atoms with Gasteiger partial charge in [0, 0.05) is 24.6 Å². The quantitative estimate of drug-likeness (QED) is 0.708. The van der Waals surface area contributed by atoms with E-state index in [0.717, 1.165) is 44.1 Å². The average molecular weight is 404 g/mol. The Morgan fingerprint density at radius 3 is 2.41 bits per heavy atom. The molecule has 4 fully saturated rings. The van der Waals surface area contributed by atoms with Crippen LogP contribution < -0.4 is 0 Å². The summed E-state index contributed by atoms with van der Waals surface area (Å²) in [5.41, 5.74) is 0.0596. The third kappa shape index (κ3) is 2.86. The molecule has 4 heterocycles. The standard InChI is InChI=1S/C22H20F4N2O/c23-13-4-5-15(18(25)10-13)22(29)28-11-16(14-2-1-3-17(24)19(14)26)21-20(28)12-6-8-27(21)9-7-12/h1-5,10,12,16,20-21H,6-9,11H2/t16-,20+,21+/m0/s1. The summed E-state index contributed by atoms with van der Waals surface area (Å²) >= 11 is 0. The highest BCUT2D eigenvalue weighted by Gasteiger charge is 2.55. The van der Waals surface area contributed by atoms with Crippen LogP contribution in [0.5, 0.6) is 0 Å². The molecule has 0 spiro atoms. The van der Waals surface area contributed by atoms with Gasteiger partial charge in [-0.15, -0.1) is 0 Å². The zero-order valence-corrected chi connectivity index (χ0v) is 15.6. The van der Waals surface area contributed by atoms with Crippen LogP contribution in [-0.2, 0) is 0 Å². The summed E-state index contributed by atoms with van der Waals surface area (Å²) in [5, 5.41) is 0. The molecule has 0 aliphatic carbocycles. The van der Waals surface area contributed by atoms with Crippen molar-refractivity contribution in [2.75, 3.05) is 19.6 Å². The minimum absolute atomic E-state index is 0.133. The Morgan fingerprint density at radius 1 is 0.931 bits per heavy atom. The molecule has 0 unspecified atom stereocenters. The van der Waals surface area contributed by atoms with E-state index in [0.29, 0.717) is 6.07 Å². The number of rotatable bonds is 2. The van der Waals surface area contributed by atoms with Crippen molar-refractivity contribution in [3.05, 3.63) is 70.8 Å². The van der Waals surface area contributed by atoms with Crippen LogP contribution in [0.4, 0.5) is 17.6 Å². The Morgan fingerprint density at radius 2 is 1.69 bits per heavy atom. The summed E-state index contributed by atoms with van der Waals surface area (Å²) in [6.07, 6.45) is 1.82. The molecular weight excluding hydrogens is 384 g/mol. The summed E-state index contributed by atoms with van der Waals surface area (Å²) in [4.78, 5) is 17.1. The first-order valence-electron chi connectivity index (χ1n) is 9.89. The van der Waals surface area contributed by atoms with Crippen LogP contribution in [0.1, 0.15) is 34.7 Å². The Kier molecular flexibility index (Phi) is 4.38. The maximum absolute atomic E-state index is 14.6. The number of halogens is 4. The molecule has 6 rings (SSSR count). The summed E-state index contributed by atoms with van der Waals surface area (Å²) in [5.74, 6) is -4.14. The van der Waals surface area contributed by atoms with Gasteiger partial charge in [-0.2, -0.15) is 0 Å². The van der Waals surface area contributed by atoms with Crippen LogP contribution in [0.3, 0.4) is 0 Å². The van der Waals surface area contributed by atoms with E-state index in [4.69, 9.17) is 0 Å². The van der Waals surface area contributed by atoms with Gasteiger partial charge in [0.1, 0.15) is 11.6 Å². The molecule has 0 N–H and O–H groups in total. The lowest BCUT2D eigenvalue weighted by Crippen LogP contribution is -2.60. The summed E-state index contributed by atoms with van der Waals surface area (Å²) < 4.78 is 56.1. The maximum atomic E-state index is 14.6. The van der Waals surface area contributed by atoms with Crippen LogP contribution in [0.15, 0.2) is 36.4 Å². The molecule has 0 radical (unpaired) electrons. The lowest BCUT2D eigenvalue weighted by molar-refractivity contribution is -0.00372. The summed E-state index contributed by atoms with van der Waals surface area (Å²) in [6, 6.07) is 6.70. The van der Waals surface area contributed by atoms with Crippen molar-refractivity contribution in [2.24, 2.45) is 5.92 Å². The minimum Gasteiger partial charge on any atom is -0.333 e. The number of fused-ring (bicyclic) bond motifs is 2. The smallest absolute Gasteiger partial charge is 0.257 e. The van der Waals surface area contributed by atoms with Crippen LogP contribution in [-0.4, -0.2) is 47.4 Å². The number of carbonyl (C=O) groups is 1. The lowest BCUT2D eigenvalue weighted by Gasteiger charge is -2.51. The first-order valence-corrected chi connectivity index (χ1v) is 9.89. The molecule has 3 atom stereocenters. The van der Waals surface area contributed by atoms with Crippen molar-refractivity contribution < 1.29 is 22.4 Å². The van der Waals surface area contributed by atoms with E-state index >= 15 is 0 Å². The van der Waals surface area contributed by atoms with Crippen molar-refractivity contribution in [1.29, 1.82) is 0 Å². The monoisotopic (exact) mass is 404 g/mol. The van der Waals surface area contributed by atoms with Gasteiger partial charge in [-0.3, -0.25) is 9.69 Å². The van der Waals surface area contributed by atoms with E-state index in [2.05, 4.69) is 4.90 Å². The number of amides is 1. The molecule has 4 saturated heterocycles. The summed E-state index contributed by atoms with van der Waals surface area (Å²) in [7, 11) is 0. The van der Waals surface area contributed by atoms with E-state index in [1.165, 1.54) is 6.07 Å². The fourth-order valence-corrected chi connectivity index (χ4v) is 5.55. The number of hydrogen-bond donors (Lipinski definition) is 0. The fourth-order valence-electron chi connectivity index (χ4n) is 5.55. The zero-order chi connectivity index (χ0) is 20.3. The molecule has 0 saturated carbocycles. The van der Waals surface area contributed by atoms with Crippen molar-refractivity contribution in [3.8, 4) is 0 Å². The number of carbonyl (C=O) groups excluding carboxylic acids is 1. The van der Waals surface area contributed by atoms with Gasteiger partial charge in [0.05, 0.1) is 11.6 Å². The SMILES string of the molecule is O=C(c1ccc(F)cc1F)N1C[C@@H](c2cccc(F)c2F)[C@@H]2[C@H]1C1CCN2CC1. The molecule has 29 heavy (non-hydrogen) atoms. The predicted octanol–water partition coefficient (Wildman–Crippen LogP) is 3.95. The lowest BCUT2D eigenvalue weighted by atomic mass is 9.75. The third-order valence-corrected chi connectivity index (χ3v) is 6.80. The molecule has 2 bridgehead atoms. The van der Waals surface area contributed by atoms with E-state index in [9.17, 15) is 22.4 Å². The normalized spacial score (nSPS) is 30.5. The fraction of sp³-hybridized carbons (Fsp3) is 0.409. The van der Waals surface area contributed by atoms with E-state index in [1.807, 2.05) is 0 Å². The number of benzene rings is 2. The molecule has 4 aliphatic rings. The van der Waals surface area contributed by atoms with E-state index < -0.39 is 35.1 Å². The summed E-state index contributed by atoms with van der Waals surface area (Å²) in [6.45, 7) is 1.89. The Hall–Kier alpha value is -2.41. The number of piperidine rings is 3. The highest BCUT2D eigenvalue weighted by molar-refractivity contribution is 5.95. The van der Waals surface area contributed by atoms with E-state index in [-0.39, 0.29) is 35.7 Å². The van der Waals surface area contributed by atoms with E-state index in [1.54, 1.807) is 11.0 Å². The van der Waals surface area contributed by atoms with Crippen molar-refractivity contribution in [1.82, 2.24) is 9.80 Å². The second-order valence-electron chi connectivity index (χ2n) is 8.19. The largest absolute Gasteiger partial charge is 0.333 e. The maximum Gasteiger partial charge on any atom is 0.257 e. The first kappa shape index (κ1) is 18.6. The first-order chi connectivity index (χ1) is 14.0. The molecule has 4 aliphatic heterocycles. The average Bonchev–Trinajstić information content (AvgIpc) is 3.13. The topological polar surface area (TPSA) is 23.6 Å². The molecule has 1 amide bonds. The van der Waals surface area contributed by atoms with Gasteiger partial charge in [0.2, 0.25) is 0 Å². The number of likely N-dealkylation sites (tertiary alicyclic amines) is 1. The molecule has 7 heteroatoms. The van der Waals surface area contributed by atoms with Crippen LogP contribution in [0.2, 0.25) is 0 Å². The second-order valence-corrected chi connectivity index (χ2v) is 8.19. The van der Waals surface area contributed by atoms with Crippen molar-refractivity contribution >= 4 is 5.91 Å². The van der Waals surface area contributed by atoms with Crippen LogP contribution >= 0.6 is 0 Å². The third-order valence-electron chi connectivity index (χ3n) is 6.80. The van der Waals surface area contributed by atoms with Gasteiger partial charge in [0.15, 0.2) is 11.6 Å². The van der Waals surface area contributed by atoms with Crippen LogP contribution in [0.25, 0.3) is 0 Å². The van der Waals surface area contributed by atoms with Gasteiger partial charge in [0.25, 0.3) is 5.91 Å². The molecule has 3 nitrogen and oxygen atoms in total. The molecular formula is C22H20F4N2O.